The Bertz CT molecular complexity index is 443. The van der Waals surface area contributed by atoms with Crippen molar-refractivity contribution in [1.29, 1.82) is 0 Å². The molecule has 0 bridgehead atoms. The third kappa shape index (κ3) is 2.88. The summed E-state index contributed by atoms with van der Waals surface area (Å²) in [7, 11) is 0. The summed E-state index contributed by atoms with van der Waals surface area (Å²) >= 11 is 5.47. The Kier molecular flexibility index (Phi) is 3.98. The molecule has 0 atom stereocenters. The Morgan fingerprint density at radius 1 is 1.41 bits per heavy atom. The third-order valence-corrected chi connectivity index (χ3v) is 2.18. The van der Waals surface area contributed by atoms with Crippen molar-refractivity contribution in [2.45, 2.75) is 13.1 Å². The summed E-state index contributed by atoms with van der Waals surface area (Å²) in [4.78, 5) is 11.3. The van der Waals surface area contributed by atoms with Crippen molar-refractivity contribution in [3.8, 4) is 0 Å². The molecule has 0 aliphatic rings. The Balaban J connectivity index is 3.46. The highest BCUT2D eigenvalue weighted by Crippen LogP contribution is 2.37. The highest BCUT2D eigenvalue weighted by atomic mass is 35.5. The largest absolute Gasteiger partial charge is 0.462 e. The van der Waals surface area contributed by atoms with Gasteiger partial charge in [0.05, 0.1) is 17.2 Å². The fourth-order valence-electron chi connectivity index (χ4n) is 1.23. The van der Waals surface area contributed by atoms with Gasteiger partial charge in [-0.15, -0.1) is 0 Å². The molecule has 0 fully saturated rings. The first-order valence-electron chi connectivity index (χ1n) is 4.51. The zero-order valence-electron chi connectivity index (χ0n) is 8.57. The Labute approximate surface area is 99.1 Å². The second kappa shape index (κ2) is 4.91. The zero-order chi connectivity index (χ0) is 13.2. The quantitative estimate of drug-likeness (QED) is 0.605. The maximum atomic E-state index is 13.1. The molecule has 0 N–H and O–H groups in total. The van der Waals surface area contributed by atoms with Gasteiger partial charge in [0.15, 0.2) is 0 Å². The van der Waals surface area contributed by atoms with Crippen molar-refractivity contribution in [1.82, 2.24) is 0 Å². The summed E-state index contributed by atoms with van der Waals surface area (Å²) in [6.07, 6.45) is -5.02. The van der Waals surface area contributed by atoms with Gasteiger partial charge in [0.25, 0.3) is 0 Å². The van der Waals surface area contributed by atoms with Crippen LogP contribution in [0.1, 0.15) is 22.8 Å². The topological polar surface area (TPSA) is 26.3 Å². The van der Waals surface area contributed by atoms with E-state index < -0.39 is 34.1 Å². The van der Waals surface area contributed by atoms with Crippen LogP contribution in [0.4, 0.5) is 17.6 Å². The van der Waals surface area contributed by atoms with E-state index in [4.69, 9.17) is 11.6 Å². The number of ether oxygens (including phenoxy) is 1. The second-order valence-electron chi connectivity index (χ2n) is 3.00. The van der Waals surface area contributed by atoms with Gasteiger partial charge in [-0.25, -0.2) is 9.18 Å². The number of alkyl halides is 3. The number of carbonyl (C=O) groups is 1. The van der Waals surface area contributed by atoms with Crippen LogP contribution in [0.2, 0.25) is 5.02 Å². The molecule has 17 heavy (non-hydrogen) atoms. The van der Waals surface area contributed by atoms with Gasteiger partial charge in [0.1, 0.15) is 11.4 Å². The molecule has 2 nitrogen and oxygen atoms in total. The van der Waals surface area contributed by atoms with Gasteiger partial charge >= 0.3 is 12.1 Å². The van der Waals surface area contributed by atoms with Gasteiger partial charge in [-0.3, -0.25) is 0 Å². The van der Waals surface area contributed by atoms with E-state index in [1.54, 1.807) is 0 Å². The number of halogens is 5. The zero-order valence-corrected chi connectivity index (χ0v) is 9.32. The number of carbonyl (C=O) groups excluding carboxylic acids is 1. The van der Waals surface area contributed by atoms with Crippen molar-refractivity contribution in [3.63, 3.8) is 0 Å². The van der Waals surface area contributed by atoms with Crippen LogP contribution in [-0.2, 0) is 10.9 Å². The predicted octanol–water partition coefficient (Wildman–Crippen LogP) is 3.67. The SMILES string of the molecule is CCOC(=O)c1c(Cl)ccc(F)c1C(F)(F)F. The lowest BCUT2D eigenvalue weighted by atomic mass is 10.1. The molecular weight excluding hydrogens is 264 g/mol. The first-order chi connectivity index (χ1) is 7.79. The summed E-state index contributed by atoms with van der Waals surface area (Å²) in [5.74, 6) is -2.87. The minimum atomic E-state index is -5.02. The average Bonchev–Trinajstić information content (AvgIpc) is 2.19. The molecule has 0 unspecified atom stereocenters. The Hall–Kier alpha value is -1.30. The standard InChI is InChI=1S/C10H7ClF4O2/c1-2-17-9(16)7-5(11)3-4-6(12)8(7)10(13,14)15/h3-4H,2H2,1H3. The molecule has 7 heteroatoms. The molecule has 0 amide bonds. The average molecular weight is 271 g/mol. The van der Waals surface area contributed by atoms with Gasteiger partial charge in [-0.05, 0) is 19.1 Å². The Morgan fingerprint density at radius 3 is 2.47 bits per heavy atom. The van der Waals surface area contributed by atoms with E-state index in [1.807, 2.05) is 0 Å². The third-order valence-electron chi connectivity index (χ3n) is 1.87. The van der Waals surface area contributed by atoms with Crippen LogP contribution in [0.3, 0.4) is 0 Å². The van der Waals surface area contributed by atoms with Crippen molar-refractivity contribution < 1.29 is 27.1 Å². The van der Waals surface area contributed by atoms with E-state index in [0.717, 1.165) is 6.07 Å². The minimum absolute atomic E-state index is 0.136. The number of rotatable bonds is 2. The van der Waals surface area contributed by atoms with E-state index in [9.17, 15) is 22.4 Å². The summed E-state index contributed by atoms with van der Waals surface area (Å²) < 4.78 is 55.3. The van der Waals surface area contributed by atoms with Crippen molar-refractivity contribution in [2.24, 2.45) is 0 Å². The molecule has 0 heterocycles. The van der Waals surface area contributed by atoms with Gasteiger partial charge in [0, 0.05) is 0 Å². The molecule has 0 saturated heterocycles. The van der Waals surface area contributed by atoms with Crippen LogP contribution >= 0.6 is 11.6 Å². The molecular formula is C10H7ClF4O2. The fraction of sp³-hybridized carbons (Fsp3) is 0.300. The summed E-state index contributed by atoms with van der Waals surface area (Å²) in [6.45, 7) is 1.28. The highest BCUT2D eigenvalue weighted by molar-refractivity contribution is 6.33. The van der Waals surface area contributed by atoms with Crippen LogP contribution in [0.5, 0.6) is 0 Å². The molecule has 1 rings (SSSR count). The van der Waals surface area contributed by atoms with Crippen molar-refractivity contribution in [3.05, 3.63) is 34.1 Å². The lowest BCUT2D eigenvalue weighted by Gasteiger charge is -2.14. The molecule has 94 valence electrons. The smallest absolute Gasteiger partial charge is 0.420 e. The second-order valence-corrected chi connectivity index (χ2v) is 3.40. The van der Waals surface area contributed by atoms with Crippen LogP contribution in [0.25, 0.3) is 0 Å². The molecule has 0 spiro atoms. The number of esters is 1. The van der Waals surface area contributed by atoms with Crippen molar-refractivity contribution in [2.75, 3.05) is 6.61 Å². The number of hydrogen-bond acceptors (Lipinski definition) is 2. The lowest BCUT2D eigenvalue weighted by Crippen LogP contribution is -2.18. The van der Waals surface area contributed by atoms with Gasteiger partial charge in [0.2, 0.25) is 0 Å². The first kappa shape index (κ1) is 13.8. The summed E-state index contributed by atoms with van der Waals surface area (Å²) in [6, 6.07) is 1.42. The maximum absolute atomic E-state index is 13.1. The van der Waals surface area contributed by atoms with Crippen LogP contribution < -0.4 is 0 Å². The molecule has 1 aromatic rings. The Morgan fingerprint density at radius 2 is 2.00 bits per heavy atom. The van der Waals surface area contributed by atoms with E-state index in [2.05, 4.69) is 4.74 Å². The summed E-state index contributed by atoms with van der Waals surface area (Å²) in [5.41, 5.74) is -2.70. The van der Waals surface area contributed by atoms with Gasteiger partial charge in [-0.2, -0.15) is 13.2 Å². The minimum Gasteiger partial charge on any atom is -0.462 e. The molecule has 0 aliphatic heterocycles. The number of benzene rings is 1. The lowest BCUT2D eigenvalue weighted by molar-refractivity contribution is -0.140. The van der Waals surface area contributed by atoms with Gasteiger partial charge in [-0.1, -0.05) is 11.6 Å². The maximum Gasteiger partial charge on any atom is 0.420 e. The fourth-order valence-corrected chi connectivity index (χ4v) is 1.47. The van der Waals surface area contributed by atoms with E-state index in [1.165, 1.54) is 6.92 Å². The monoisotopic (exact) mass is 270 g/mol. The normalized spacial score (nSPS) is 11.4. The molecule has 0 aliphatic carbocycles. The predicted molar refractivity (Wildman–Crippen MR) is 52.4 cm³/mol. The van der Waals surface area contributed by atoms with Crippen molar-refractivity contribution >= 4 is 17.6 Å². The highest BCUT2D eigenvalue weighted by Gasteiger charge is 2.40. The molecule has 0 saturated carbocycles. The number of hydrogen-bond donors (Lipinski definition) is 0. The van der Waals surface area contributed by atoms with Crippen LogP contribution in [0, 0.1) is 5.82 Å². The molecule has 0 aromatic heterocycles. The van der Waals surface area contributed by atoms with E-state index >= 15 is 0 Å². The summed E-state index contributed by atoms with van der Waals surface area (Å²) in [5, 5.41) is -0.503. The first-order valence-corrected chi connectivity index (χ1v) is 4.89. The molecule has 1 aromatic carbocycles. The van der Waals surface area contributed by atoms with Crippen LogP contribution in [-0.4, -0.2) is 12.6 Å². The van der Waals surface area contributed by atoms with Crippen LogP contribution in [0.15, 0.2) is 12.1 Å². The van der Waals surface area contributed by atoms with E-state index in [-0.39, 0.29) is 6.61 Å². The van der Waals surface area contributed by atoms with E-state index in [0.29, 0.717) is 6.07 Å². The molecule has 0 radical (unpaired) electrons. The van der Waals surface area contributed by atoms with Gasteiger partial charge < -0.3 is 4.74 Å².